The van der Waals surface area contributed by atoms with Crippen LogP contribution in [0.15, 0.2) is 259 Å². The van der Waals surface area contributed by atoms with Crippen LogP contribution in [0.1, 0.15) is 44.6 Å². The zero-order valence-corrected chi connectivity index (χ0v) is 44.6. The van der Waals surface area contributed by atoms with Gasteiger partial charge in [-0.1, -0.05) is 226 Å². The Balaban J connectivity index is 1.04. The molecule has 2 aromatic heterocycles. The zero-order valence-electron chi connectivity index (χ0n) is 43.7. The van der Waals surface area contributed by atoms with Gasteiger partial charge in [-0.25, -0.2) is 0 Å². The van der Waals surface area contributed by atoms with Crippen molar-refractivity contribution in [3.63, 3.8) is 0 Å². The van der Waals surface area contributed by atoms with Gasteiger partial charge in [-0.3, -0.25) is 0 Å². The number of anilines is 3. The van der Waals surface area contributed by atoms with Crippen molar-refractivity contribution in [3.8, 4) is 44.8 Å². The molecule has 0 unspecified atom stereocenters. The first-order valence-corrected chi connectivity index (χ1v) is 28.7. The highest BCUT2D eigenvalue weighted by Crippen LogP contribution is 2.51. The fourth-order valence-electron chi connectivity index (χ4n) is 13.1. The number of fused-ring (bicyclic) bond motifs is 10. The third-order valence-corrected chi connectivity index (χ3v) is 17.8. The molecule has 0 fully saturated rings. The number of hydrogen-bond donors (Lipinski definition) is 0. The van der Waals surface area contributed by atoms with Crippen LogP contribution in [0.25, 0.3) is 88.4 Å². The summed E-state index contributed by atoms with van der Waals surface area (Å²) in [6, 6.07) is 93.6. The summed E-state index contributed by atoms with van der Waals surface area (Å²) in [7, 11) is 0. The number of hydrogen-bond acceptors (Lipinski definition) is 2. The van der Waals surface area contributed by atoms with Crippen molar-refractivity contribution in [2.45, 2.75) is 55.2 Å². The number of aromatic nitrogens is 2. The Hall–Kier alpha value is -8.77. The van der Waals surface area contributed by atoms with Gasteiger partial charge < -0.3 is 14.0 Å². The van der Waals surface area contributed by atoms with Gasteiger partial charge in [0, 0.05) is 65.2 Å². The molecule has 0 radical (unpaired) electrons. The molecule has 0 spiro atoms. The van der Waals surface area contributed by atoms with E-state index in [0.717, 1.165) is 18.5 Å². The first-order chi connectivity index (χ1) is 38.7. The molecule has 0 N–H and O–H groups in total. The molecular weight excluding hydrogens is 962 g/mol. The van der Waals surface area contributed by atoms with Crippen molar-refractivity contribution in [2.75, 3.05) is 4.90 Å². The Bertz CT molecular complexity index is 4270. The third-order valence-electron chi connectivity index (χ3n) is 16.7. The number of para-hydroxylation sites is 4. The van der Waals surface area contributed by atoms with Crippen molar-refractivity contribution in [2.24, 2.45) is 0 Å². The number of rotatable bonds is 12. The SMILES string of the molecule is CCCCCCCc1cc2c3c(c1)N(c1c(-c4ccccc4)cc(-c4ccccc4)cc1-c1ccccc1)c1cc(-n4c5ccccc5c5ccccc54)ccc1B3c1ccc(-n3c4ccccc4c4ccccc43)cc1S2. The Morgan fingerprint density at radius 2 is 0.846 bits per heavy atom. The lowest BCUT2D eigenvalue weighted by molar-refractivity contribution is 0.632. The minimum Gasteiger partial charge on any atom is -0.310 e. The second-order valence-corrected chi connectivity index (χ2v) is 22.4. The Morgan fingerprint density at radius 3 is 1.38 bits per heavy atom. The van der Waals surface area contributed by atoms with E-state index in [9.17, 15) is 0 Å². The van der Waals surface area contributed by atoms with Gasteiger partial charge in [0.2, 0.25) is 6.71 Å². The van der Waals surface area contributed by atoms with Gasteiger partial charge in [0.15, 0.2) is 0 Å². The Kier molecular flexibility index (Phi) is 11.5. The first kappa shape index (κ1) is 46.5. The van der Waals surface area contributed by atoms with Crippen LogP contribution >= 0.6 is 11.8 Å². The molecule has 4 heterocycles. The van der Waals surface area contributed by atoms with Crippen molar-refractivity contribution >= 4 is 95.5 Å². The van der Waals surface area contributed by atoms with Crippen LogP contribution < -0.4 is 21.3 Å². The summed E-state index contributed by atoms with van der Waals surface area (Å²) in [5, 5.41) is 5.07. The number of nitrogens with zero attached hydrogens (tertiary/aromatic N) is 3. The Labute approximate surface area is 461 Å². The van der Waals surface area contributed by atoms with Crippen LogP contribution in [0.2, 0.25) is 0 Å². The lowest BCUT2D eigenvalue weighted by Gasteiger charge is -2.42. The van der Waals surface area contributed by atoms with Gasteiger partial charge in [-0.2, -0.15) is 0 Å². The lowest BCUT2D eigenvalue weighted by Crippen LogP contribution is -2.60. The normalized spacial score (nSPS) is 12.6. The van der Waals surface area contributed by atoms with Crippen molar-refractivity contribution in [1.29, 1.82) is 0 Å². The van der Waals surface area contributed by atoms with Gasteiger partial charge in [0.05, 0.1) is 27.8 Å². The molecule has 78 heavy (non-hydrogen) atoms. The summed E-state index contributed by atoms with van der Waals surface area (Å²) in [5.41, 5.74) is 23.4. The Morgan fingerprint density at radius 1 is 0.372 bits per heavy atom. The van der Waals surface area contributed by atoms with Crippen molar-refractivity contribution in [3.05, 3.63) is 254 Å². The standard InChI is InChI=1S/C73H56BN3S/c1-2-3-4-5-9-24-49-43-69-72-71(44-49)78-70-48-55(76-66-37-22-18-33-58(66)59-34-19-23-38-67(59)76)40-42-63(70)74(72)62-41-39-54(75-64-35-20-16-31-56(64)57-32-17-21-36-65(57)75)47-68(62)77(69)73-60(51-27-12-7-13-28-51)45-53(50-25-10-6-11-26-50)46-61(73)52-29-14-8-15-30-52/h6-8,10-23,25-48H,2-5,9,24H2,1H3. The van der Waals surface area contributed by atoms with Crippen LogP contribution in [-0.4, -0.2) is 15.8 Å². The fourth-order valence-corrected chi connectivity index (χ4v) is 14.4. The maximum atomic E-state index is 2.71. The van der Waals surface area contributed by atoms with E-state index in [1.807, 2.05) is 11.8 Å². The maximum absolute atomic E-state index is 2.71. The minimum absolute atomic E-state index is 0.0144. The van der Waals surface area contributed by atoms with Gasteiger partial charge in [-0.05, 0) is 124 Å². The maximum Gasteiger partial charge on any atom is 0.249 e. The summed E-state index contributed by atoms with van der Waals surface area (Å²) in [5.74, 6) is 0. The van der Waals surface area contributed by atoms with Crippen molar-refractivity contribution < 1.29 is 0 Å². The summed E-state index contributed by atoms with van der Waals surface area (Å²) in [6.45, 7) is 2.30. The molecule has 2 aliphatic rings. The number of aryl methyl sites for hydroxylation is 1. The van der Waals surface area contributed by atoms with Crippen molar-refractivity contribution in [1.82, 2.24) is 9.13 Å². The summed E-state index contributed by atoms with van der Waals surface area (Å²) >= 11 is 1.97. The zero-order chi connectivity index (χ0) is 51.7. The molecule has 0 aliphatic carbocycles. The highest BCUT2D eigenvalue weighted by Gasteiger charge is 2.43. The molecule has 0 amide bonds. The topological polar surface area (TPSA) is 13.1 Å². The van der Waals surface area contributed by atoms with E-state index in [2.05, 4.69) is 270 Å². The average molecular weight is 1020 g/mol. The first-order valence-electron chi connectivity index (χ1n) is 27.9. The monoisotopic (exact) mass is 1020 g/mol. The highest BCUT2D eigenvalue weighted by atomic mass is 32.2. The summed E-state index contributed by atoms with van der Waals surface area (Å²) in [4.78, 5) is 5.37. The molecular formula is C73H56BN3S. The van der Waals surface area contributed by atoms with E-state index in [1.165, 1.54) is 157 Å². The van der Waals surface area contributed by atoms with Crippen LogP contribution in [0.3, 0.4) is 0 Å². The predicted molar refractivity (Wildman–Crippen MR) is 334 cm³/mol. The molecule has 0 saturated carbocycles. The molecule has 372 valence electrons. The number of benzene rings is 11. The van der Waals surface area contributed by atoms with Crippen LogP contribution in [0, 0.1) is 0 Å². The molecule has 3 nitrogen and oxygen atoms in total. The summed E-state index contributed by atoms with van der Waals surface area (Å²) in [6.07, 6.45) is 7.19. The van der Waals surface area contributed by atoms with Gasteiger partial charge >= 0.3 is 0 Å². The quantitative estimate of drug-likeness (QED) is 0.0894. The van der Waals surface area contributed by atoms with Crippen LogP contribution in [0.4, 0.5) is 17.1 Å². The lowest BCUT2D eigenvalue weighted by atomic mass is 9.34. The molecule has 0 saturated heterocycles. The van der Waals surface area contributed by atoms with E-state index in [4.69, 9.17) is 0 Å². The molecule has 11 aromatic carbocycles. The van der Waals surface area contributed by atoms with Gasteiger partial charge in [-0.15, -0.1) is 0 Å². The van der Waals surface area contributed by atoms with E-state index >= 15 is 0 Å². The second kappa shape index (κ2) is 19.4. The van der Waals surface area contributed by atoms with E-state index in [-0.39, 0.29) is 6.71 Å². The minimum atomic E-state index is -0.0144. The van der Waals surface area contributed by atoms with Gasteiger partial charge in [0.25, 0.3) is 0 Å². The molecule has 15 rings (SSSR count). The van der Waals surface area contributed by atoms with E-state index in [0.29, 0.717) is 0 Å². The highest BCUT2D eigenvalue weighted by molar-refractivity contribution is 8.00. The largest absolute Gasteiger partial charge is 0.310 e. The molecule has 0 bridgehead atoms. The van der Waals surface area contributed by atoms with E-state index < -0.39 is 0 Å². The molecule has 13 aromatic rings. The molecule has 5 heteroatoms. The van der Waals surface area contributed by atoms with E-state index in [1.54, 1.807) is 0 Å². The predicted octanol–water partition coefficient (Wildman–Crippen LogP) is 18.2. The van der Waals surface area contributed by atoms with Gasteiger partial charge in [0.1, 0.15) is 0 Å². The van der Waals surface area contributed by atoms with Crippen LogP contribution in [-0.2, 0) is 6.42 Å². The average Bonchev–Trinajstić information content (AvgIpc) is 3.75. The third kappa shape index (κ3) is 7.66. The van der Waals surface area contributed by atoms with Crippen LogP contribution in [0.5, 0.6) is 0 Å². The second-order valence-electron chi connectivity index (χ2n) is 21.3. The number of unbranched alkanes of at least 4 members (excludes halogenated alkanes) is 4. The summed E-state index contributed by atoms with van der Waals surface area (Å²) < 4.78 is 4.97. The fraction of sp³-hybridized carbons (Fsp3) is 0.0959. The smallest absolute Gasteiger partial charge is 0.249 e. The molecule has 0 atom stereocenters. The molecule has 2 aliphatic heterocycles.